The Morgan fingerprint density at radius 1 is 1.26 bits per heavy atom. The number of rotatable bonds is 3. The van der Waals surface area contributed by atoms with E-state index in [4.69, 9.17) is 9.84 Å². The smallest absolute Gasteiger partial charge is 0.254 e. The first-order valence-corrected chi connectivity index (χ1v) is 6.86. The Labute approximate surface area is 129 Å². The van der Waals surface area contributed by atoms with Crippen LogP contribution in [-0.4, -0.2) is 23.7 Å². The summed E-state index contributed by atoms with van der Waals surface area (Å²) in [6, 6.07) is 7.78. The molecule has 120 valence electrons. The van der Waals surface area contributed by atoms with E-state index in [9.17, 15) is 18.0 Å². The topological polar surface area (TPSA) is 58.6 Å². The van der Waals surface area contributed by atoms with Crippen LogP contribution in [0.4, 0.5) is 13.2 Å². The van der Waals surface area contributed by atoms with Gasteiger partial charge in [0.1, 0.15) is 11.9 Å². The quantitative estimate of drug-likeness (QED) is 0.854. The van der Waals surface area contributed by atoms with Crippen LogP contribution in [0.25, 0.3) is 0 Å². The summed E-state index contributed by atoms with van der Waals surface area (Å²) < 4.78 is 45.5. The Morgan fingerprint density at radius 3 is 2.74 bits per heavy atom. The largest absolute Gasteiger partial charge is 0.503 e. The van der Waals surface area contributed by atoms with Crippen LogP contribution in [0.3, 0.4) is 0 Å². The average Bonchev–Trinajstić information content (AvgIpc) is 2.97. The number of para-hydroxylation sites is 1. The third kappa shape index (κ3) is 2.81. The summed E-state index contributed by atoms with van der Waals surface area (Å²) in [6.07, 6.45) is 0.236. The number of phenolic OH excluding ortho intramolecular Hbond substituents is 1. The van der Waals surface area contributed by atoms with E-state index in [1.54, 1.807) is 6.07 Å². The minimum atomic E-state index is -1.73. The van der Waals surface area contributed by atoms with Crippen LogP contribution < -0.4 is 10.1 Å². The zero-order chi connectivity index (χ0) is 16.6. The molecule has 0 saturated heterocycles. The molecular weight excluding hydrogens is 311 g/mol. The summed E-state index contributed by atoms with van der Waals surface area (Å²) in [5.74, 6) is -6.50. The van der Waals surface area contributed by atoms with Gasteiger partial charge in [-0.2, -0.15) is 4.39 Å². The molecule has 0 spiro atoms. The van der Waals surface area contributed by atoms with Gasteiger partial charge in [-0.3, -0.25) is 4.79 Å². The van der Waals surface area contributed by atoms with Crippen LogP contribution in [0.2, 0.25) is 0 Å². The molecule has 0 bridgehead atoms. The number of aromatic hydroxyl groups is 1. The van der Waals surface area contributed by atoms with Gasteiger partial charge in [-0.15, -0.1) is 0 Å². The van der Waals surface area contributed by atoms with Crippen LogP contribution in [0, 0.1) is 17.5 Å². The lowest BCUT2D eigenvalue weighted by Gasteiger charge is -2.12. The number of nitrogens with one attached hydrogen (secondary N) is 1. The van der Waals surface area contributed by atoms with Gasteiger partial charge in [0.2, 0.25) is 5.82 Å². The predicted octanol–water partition coefficient (Wildman–Crippen LogP) is 2.54. The summed E-state index contributed by atoms with van der Waals surface area (Å²) in [5.41, 5.74) is 0.223. The molecule has 1 aliphatic heterocycles. The zero-order valence-corrected chi connectivity index (χ0v) is 11.8. The molecule has 0 saturated carbocycles. The van der Waals surface area contributed by atoms with Gasteiger partial charge in [0.15, 0.2) is 17.4 Å². The highest BCUT2D eigenvalue weighted by Gasteiger charge is 2.25. The fourth-order valence-corrected chi connectivity index (χ4v) is 2.43. The lowest BCUT2D eigenvalue weighted by molar-refractivity contribution is 0.0927. The van der Waals surface area contributed by atoms with Crippen molar-refractivity contribution in [2.75, 3.05) is 6.54 Å². The highest BCUT2D eigenvalue weighted by Crippen LogP contribution is 2.28. The summed E-state index contributed by atoms with van der Waals surface area (Å²) in [5, 5.41) is 11.5. The highest BCUT2D eigenvalue weighted by molar-refractivity contribution is 5.95. The van der Waals surface area contributed by atoms with Crippen LogP contribution >= 0.6 is 0 Å². The van der Waals surface area contributed by atoms with Gasteiger partial charge in [-0.25, -0.2) is 8.78 Å². The number of benzene rings is 2. The summed E-state index contributed by atoms with van der Waals surface area (Å²) in [4.78, 5) is 11.9. The standard InChI is InChI=1S/C16H12F3NO3/c17-11-6-10(13(18)15(21)14(11)19)16(22)20-7-9-5-8-3-1-2-4-12(8)23-9/h1-4,6,9,21H,5,7H2,(H,20,22). The zero-order valence-electron chi connectivity index (χ0n) is 11.8. The number of fused-ring (bicyclic) bond motifs is 1. The molecule has 7 heteroatoms. The second-order valence-electron chi connectivity index (χ2n) is 5.14. The van der Waals surface area contributed by atoms with Crippen molar-refractivity contribution in [3.8, 4) is 11.5 Å². The maximum absolute atomic E-state index is 13.7. The number of hydrogen-bond acceptors (Lipinski definition) is 3. The number of halogens is 3. The number of phenols is 1. The van der Waals surface area contributed by atoms with Crippen LogP contribution in [0.15, 0.2) is 30.3 Å². The molecule has 0 aromatic heterocycles. The molecule has 4 nitrogen and oxygen atoms in total. The van der Waals surface area contributed by atoms with Gasteiger partial charge < -0.3 is 15.2 Å². The molecule has 0 fully saturated rings. The van der Waals surface area contributed by atoms with E-state index in [-0.39, 0.29) is 12.6 Å². The molecule has 1 aliphatic rings. The molecule has 1 heterocycles. The first-order valence-electron chi connectivity index (χ1n) is 6.86. The monoisotopic (exact) mass is 323 g/mol. The van der Waals surface area contributed by atoms with E-state index in [0.717, 1.165) is 5.56 Å². The maximum Gasteiger partial charge on any atom is 0.254 e. The van der Waals surface area contributed by atoms with Gasteiger partial charge in [-0.1, -0.05) is 18.2 Å². The number of carbonyl (C=O) groups is 1. The Morgan fingerprint density at radius 2 is 2.00 bits per heavy atom. The van der Waals surface area contributed by atoms with Crippen molar-refractivity contribution in [1.82, 2.24) is 5.32 Å². The number of amides is 1. The molecule has 2 N–H and O–H groups in total. The van der Waals surface area contributed by atoms with Crippen molar-refractivity contribution in [3.05, 3.63) is 58.9 Å². The summed E-state index contributed by atoms with van der Waals surface area (Å²) in [7, 11) is 0. The molecule has 3 rings (SSSR count). The summed E-state index contributed by atoms with van der Waals surface area (Å²) >= 11 is 0. The van der Waals surface area contributed by atoms with E-state index in [1.165, 1.54) is 0 Å². The lowest BCUT2D eigenvalue weighted by Crippen LogP contribution is -2.35. The van der Waals surface area contributed by atoms with Gasteiger partial charge in [-0.05, 0) is 17.7 Å². The molecule has 2 aromatic rings. The molecule has 2 aromatic carbocycles. The van der Waals surface area contributed by atoms with Crippen LogP contribution in [0.1, 0.15) is 15.9 Å². The Bertz CT molecular complexity index is 754. The van der Waals surface area contributed by atoms with E-state index in [1.807, 2.05) is 18.2 Å². The predicted molar refractivity (Wildman–Crippen MR) is 74.9 cm³/mol. The maximum atomic E-state index is 13.7. The lowest BCUT2D eigenvalue weighted by atomic mass is 10.1. The van der Waals surface area contributed by atoms with E-state index in [2.05, 4.69) is 5.32 Å². The highest BCUT2D eigenvalue weighted by atomic mass is 19.2. The fraction of sp³-hybridized carbons (Fsp3) is 0.188. The molecule has 23 heavy (non-hydrogen) atoms. The minimum Gasteiger partial charge on any atom is -0.503 e. The second kappa shape index (κ2) is 5.83. The minimum absolute atomic E-state index is 0.0622. The number of carbonyl (C=O) groups excluding carboxylic acids is 1. The molecule has 1 unspecified atom stereocenters. The van der Waals surface area contributed by atoms with Gasteiger partial charge in [0, 0.05) is 6.42 Å². The number of ether oxygens (including phenoxy) is 1. The van der Waals surface area contributed by atoms with Crippen LogP contribution in [0.5, 0.6) is 11.5 Å². The Kier molecular flexibility index (Phi) is 3.85. The van der Waals surface area contributed by atoms with E-state index in [0.29, 0.717) is 18.2 Å². The molecule has 0 radical (unpaired) electrons. The first-order chi connectivity index (χ1) is 11.0. The Balaban J connectivity index is 1.67. The normalized spacial score (nSPS) is 15.9. The van der Waals surface area contributed by atoms with Crippen molar-refractivity contribution < 1.29 is 27.8 Å². The SMILES string of the molecule is O=C(NCC1Cc2ccccc2O1)c1cc(F)c(F)c(O)c1F. The van der Waals surface area contributed by atoms with Crippen molar-refractivity contribution in [3.63, 3.8) is 0 Å². The third-order valence-electron chi connectivity index (χ3n) is 3.58. The van der Waals surface area contributed by atoms with Crippen LogP contribution in [-0.2, 0) is 6.42 Å². The molecular formula is C16H12F3NO3. The molecule has 1 atom stereocenters. The third-order valence-corrected chi connectivity index (χ3v) is 3.58. The van der Waals surface area contributed by atoms with Gasteiger partial charge in [0.05, 0.1) is 12.1 Å². The number of hydrogen-bond donors (Lipinski definition) is 2. The van der Waals surface area contributed by atoms with E-state index < -0.39 is 34.7 Å². The van der Waals surface area contributed by atoms with Crippen molar-refractivity contribution in [1.29, 1.82) is 0 Å². The first kappa shape index (κ1) is 15.2. The average molecular weight is 323 g/mol. The summed E-state index contributed by atoms with van der Waals surface area (Å²) in [6.45, 7) is 0.0622. The van der Waals surface area contributed by atoms with E-state index >= 15 is 0 Å². The molecule has 1 amide bonds. The van der Waals surface area contributed by atoms with Crippen molar-refractivity contribution in [2.24, 2.45) is 0 Å². The second-order valence-corrected chi connectivity index (χ2v) is 5.14. The van der Waals surface area contributed by atoms with Gasteiger partial charge in [0.25, 0.3) is 5.91 Å². The van der Waals surface area contributed by atoms with Crippen molar-refractivity contribution >= 4 is 5.91 Å². The fourth-order valence-electron chi connectivity index (χ4n) is 2.43. The van der Waals surface area contributed by atoms with Gasteiger partial charge >= 0.3 is 0 Å². The molecule has 0 aliphatic carbocycles. The Hall–Kier alpha value is -2.70. The van der Waals surface area contributed by atoms with Crippen molar-refractivity contribution in [2.45, 2.75) is 12.5 Å².